The van der Waals surface area contributed by atoms with Crippen molar-refractivity contribution in [2.24, 2.45) is 17.6 Å². The fourth-order valence-electron chi connectivity index (χ4n) is 7.27. The second kappa shape index (κ2) is 13.3. The molecular formula is C32H44N4O4S2. The van der Waals surface area contributed by atoms with Crippen molar-refractivity contribution < 1.29 is 18.9 Å². The number of nitrogens with zero attached hydrogens (tertiary/aromatic N) is 2. The summed E-state index contributed by atoms with van der Waals surface area (Å²) in [6.45, 7) is 5.32. The fraction of sp³-hybridized carbons (Fsp3) is 0.562. The number of rotatable bonds is 9. The van der Waals surface area contributed by atoms with Crippen molar-refractivity contribution in [1.82, 2.24) is 9.80 Å². The van der Waals surface area contributed by atoms with Gasteiger partial charge in [-0.2, -0.15) is 0 Å². The Morgan fingerprint density at radius 3 is 2.07 bits per heavy atom. The van der Waals surface area contributed by atoms with Crippen molar-refractivity contribution in [3.63, 3.8) is 0 Å². The van der Waals surface area contributed by atoms with Gasteiger partial charge in [0.05, 0.1) is 40.2 Å². The molecule has 0 amide bonds. The lowest BCUT2D eigenvalue weighted by Gasteiger charge is -2.49. The summed E-state index contributed by atoms with van der Waals surface area (Å²) in [4.78, 5) is 5.06. The molecule has 0 aromatic heterocycles. The van der Waals surface area contributed by atoms with Gasteiger partial charge in [0.15, 0.2) is 23.0 Å². The number of thiocarbonyl (C=S) groups is 1. The van der Waals surface area contributed by atoms with E-state index in [1.165, 1.54) is 34.0 Å². The third-order valence-electron chi connectivity index (χ3n) is 9.41. The molecule has 0 radical (unpaired) electrons. The van der Waals surface area contributed by atoms with Gasteiger partial charge in [0.1, 0.15) is 10.2 Å². The van der Waals surface area contributed by atoms with Gasteiger partial charge in [-0.15, -0.1) is 0 Å². The summed E-state index contributed by atoms with van der Waals surface area (Å²) in [7, 11) is 6.81. The summed E-state index contributed by atoms with van der Waals surface area (Å²) >= 11 is 7.47. The summed E-state index contributed by atoms with van der Waals surface area (Å²) in [5.74, 6) is 4.75. The molecule has 4 atom stereocenters. The number of ether oxygens (including phenoxy) is 4. The summed E-state index contributed by atoms with van der Waals surface area (Å²) in [6.07, 6.45) is 5.12. The Morgan fingerprint density at radius 1 is 0.905 bits per heavy atom. The van der Waals surface area contributed by atoms with Crippen LogP contribution in [0.25, 0.3) is 0 Å². The number of hydrogen-bond acceptors (Lipinski definition) is 8. The molecule has 228 valence electrons. The minimum Gasteiger partial charge on any atom is -0.493 e. The first-order valence-electron chi connectivity index (χ1n) is 14.8. The van der Waals surface area contributed by atoms with Gasteiger partial charge in [0.25, 0.3) is 0 Å². The number of thioether (sulfide) groups is 1. The van der Waals surface area contributed by atoms with E-state index in [9.17, 15) is 0 Å². The molecular weight excluding hydrogens is 569 g/mol. The second-order valence-electron chi connectivity index (χ2n) is 11.5. The minimum absolute atomic E-state index is 0.111. The third-order valence-corrected chi connectivity index (χ3v) is 10.9. The molecule has 3 aliphatic rings. The topological polar surface area (TPSA) is 93.3 Å². The number of piperidine rings is 1. The van der Waals surface area contributed by atoms with Crippen LogP contribution >= 0.6 is 24.0 Å². The van der Waals surface area contributed by atoms with Crippen LogP contribution in [0.3, 0.4) is 0 Å². The highest BCUT2D eigenvalue weighted by molar-refractivity contribution is 8.23. The fourth-order valence-corrected chi connectivity index (χ4v) is 8.32. The highest BCUT2D eigenvalue weighted by atomic mass is 32.2. The van der Waals surface area contributed by atoms with Crippen LogP contribution in [-0.4, -0.2) is 73.8 Å². The summed E-state index contributed by atoms with van der Waals surface area (Å²) < 4.78 is 23.6. The van der Waals surface area contributed by atoms with Gasteiger partial charge in [-0.1, -0.05) is 37.3 Å². The standard InChI is InChI=1S/C32H44N4O4S2/c1-6-19-17-35-9-7-20-13-27(37-2)29(39-4)15-23(20)25(35)11-22(19)12-26-24-16-30(40-5)28(38-3)14-21(24)8-10-36(26)32(41)42-18-31(33)34/h13-16,19,22,25-26H,6-12,17-18H2,1-5H3,(H3,33,34). The van der Waals surface area contributed by atoms with Crippen molar-refractivity contribution in [3.8, 4) is 23.0 Å². The summed E-state index contributed by atoms with van der Waals surface area (Å²) in [5.41, 5.74) is 11.0. The van der Waals surface area contributed by atoms with Gasteiger partial charge >= 0.3 is 0 Å². The molecule has 1 fully saturated rings. The first-order valence-corrected chi connectivity index (χ1v) is 16.2. The molecule has 0 bridgehead atoms. The zero-order valence-corrected chi connectivity index (χ0v) is 27.0. The van der Waals surface area contributed by atoms with Crippen molar-refractivity contribution in [1.29, 1.82) is 5.41 Å². The van der Waals surface area contributed by atoms with E-state index in [1.807, 2.05) is 0 Å². The predicted octanol–water partition coefficient (Wildman–Crippen LogP) is 5.61. The van der Waals surface area contributed by atoms with E-state index in [-0.39, 0.29) is 11.9 Å². The Kier molecular flexibility index (Phi) is 9.74. The highest BCUT2D eigenvalue weighted by Crippen LogP contribution is 2.49. The maximum absolute atomic E-state index is 7.75. The lowest BCUT2D eigenvalue weighted by Crippen LogP contribution is -2.47. The average Bonchev–Trinajstić information content (AvgIpc) is 3.01. The van der Waals surface area contributed by atoms with Gasteiger partial charge < -0.3 is 29.6 Å². The van der Waals surface area contributed by atoms with Gasteiger partial charge in [0.2, 0.25) is 0 Å². The van der Waals surface area contributed by atoms with Crippen LogP contribution in [0.15, 0.2) is 24.3 Å². The van der Waals surface area contributed by atoms with Gasteiger partial charge in [-0.05, 0) is 84.0 Å². The first kappa shape index (κ1) is 30.8. The molecule has 3 N–H and O–H groups in total. The summed E-state index contributed by atoms with van der Waals surface area (Å²) in [5, 5.41) is 7.75. The van der Waals surface area contributed by atoms with Crippen LogP contribution in [-0.2, 0) is 12.8 Å². The molecule has 3 aliphatic heterocycles. The monoisotopic (exact) mass is 612 g/mol. The van der Waals surface area contributed by atoms with Crippen LogP contribution in [0.1, 0.15) is 60.5 Å². The minimum atomic E-state index is 0.111. The molecule has 2 aromatic carbocycles. The largest absolute Gasteiger partial charge is 0.493 e. The molecule has 5 rings (SSSR count). The van der Waals surface area contributed by atoms with Gasteiger partial charge in [0, 0.05) is 25.7 Å². The molecule has 0 spiro atoms. The van der Waals surface area contributed by atoms with Gasteiger partial charge in [-0.25, -0.2) is 0 Å². The van der Waals surface area contributed by atoms with E-state index in [1.54, 1.807) is 28.4 Å². The number of fused-ring (bicyclic) bond motifs is 4. The molecule has 8 nitrogen and oxygen atoms in total. The van der Waals surface area contributed by atoms with Crippen LogP contribution in [0.2, 0.25) is 0 Å². The van der Waals surface area contributed by atoms with Crippen LogP contribution < -0.4 is 24.7 Å². The molecule has 42 heavy (non-hydrogen) atoms. The smallest absolute Gasteiger partial charge is 0.161 e. The lowest BCUT2D eigenvalue weighted by atomic mass is 9.72. The quantitative estimate of drug-likeness (QED) is 0.213. The van der Waals surface area contributed by atoms with E-state index in [2.05, 4.69) is 41.0 Å². The maximum atomic E-state index is 7.75. The molecule has 10 heteroatoms. The lowest BCUT2D eigenvalue weighted by molar-refractivity contribution is 0.0381. The Bertz CT molecular complexity index is 1320. The third kappa shape index (κ3) is 6.03. The van der Waals surface area contributed by atoms with E-state index in [0.717, 1.165) is 79.1 Å². The zero-order chi connectivity index (χ0) is 30.0. The number of benzene rings is 2. The van der Waals surface area contributed by atoms with E-state index in [4.69, 9.17) is 42.3 Å². The number of hydrogen-bond donors (Lipinski definition) is 2. The zero-order valence-electron chi connectivity index (χ0n) is 25.4. The maximum Gasteiger partial charge on any atom is 0.161 e. The Balaban J connectivity index is 1.50. The predicted molar refractivity (Wildman–Crippen MR) is 174 cm³/mol. The molecule has 0 saturated carbocycles. The van der Waals surface area contributed by atoms with Crippen molar-refractivity contribution in [2.75, 3.05) is 53.8 Å². The van der Waals surface area contributed by atoms with E-state index < -0.39 is 0 Å². The Morgan fingerprint density at radius 2 is 1.48 bits per heavy atom. The SMILES string of the molecule is CCC1CN2CCc3cc(OC)c(OC)cc3C2CC1CC1c2cc(OC)c(OC)cc2CCN1C(=S)SCC(=N)N. The number of nitrogens with two attached hydrogens (primary N) is 1. The Hall–Kier alpha value is -2.69. The van der Waals surface area contributed by atoms with Crippen LogP contribution in [0, 0.1) is 17.2 Å². The number of amidine groups is 1. The van der Waals surface area contributed by atoms with Crippen LogP contribution in [0.5, 0.6) is 23.0 Å². The molecule has 1 saturated heterocycles. The van der Waals surface area contributed by atoms with Crippen molar-refractivity contribution in [2.45, 2.75) is 51.1 Å². The van der Waals surface area contributed by atoms with Crippen molar-refractivity contribution >= 4 is 34.1 Å². The normalized spacial score (nSPS) is 23.3. The first-order chi connectivity index (χ1) is 20.3. The number of methoxy groups -OCH3 is 4. The van der Waals surface area contributed by atoms with Crippen molar-refractivity contribution in [3.05, 3.63) is 46.5 Å². The molecule has 3 heterocycles. The molecule has 4 unspecified atom stereocenters. The van der Waals surface area contributed by atoms with Crippen LogP contribution in [0.4, 0.5) is 0 Å². The molecule has 0 aliphatic carbocycles. The second-order valence-corrected chi connectivity index (χ2v) is 13.1. The van der Waals surface area contributed by atoms with Gasteiger partial charge in [-0.3, -0.25) is 10.3 Å². The van der Waals surface area contributed by atoms with E-state index in [0.29, 0.717) is 23.6 Å². The summed E-state index contributed by atoms with van der Waals surface area (Å²) in [6, 6.07) is 9.15. The number of nitrogens with one attached hydrogen (secondary N) is 1. The average molecular weight is 613 g/mol. The molecule has 2 aromatic rings. The Labute approximate surface area is 259 Å². The van der Waals surface area contributed by atoms with E-state index >= 15 is 0 Å². The highest BCUT2D eigenvalue weighted by Gasteiger charge is 2.41.